The Kier molecular flexibility index (Phi) is 6.63. The predicted octanol–water partition coefficient (Wildman–Crippen LogP) is 6.41. The fraction of sp³-hybridized carbons (Fsp3) is 0.600. The third kappa shape index (κ3) is 3.93. The monoisotopic (exact) mass is 434 g/mol. The average molecular weight is 435 g/mol. The molecular formula is C25H34N6O. The molecular weight excluding hydrogens is 400 g/mol. The van der Waals surface area contributed by atoms with Crippen molar-refractivity contribution >= 4 is 17.1 Å². The van der Waals surface area contributed by atoms with Crippen LogP contribution in [0.4, 0.5) is 0 Å². The predicted molar refractivity (Wildman–Crippen MR) is 124 cm³/mol. The molecule has 7 heteroatoms. The van der Waals surface area contributed by atoms with E-state index in [0.717, 1.165) is 17.6 Å². The molecule has 0 unspecified atom stereocenters. The molecule has 3 aliphatic rings. The lowest BCUT2D eigenvalue weighted by atomic mass is 9.61. The maximum absolute atomic E-state index is 13.6. The van der Waals surface area contributed by atoms with Gasteiger partial charge in [-0.15, -0.1) is 0 Å². The summed E-state index contributed by atoms with van der Waals surface area (Å²) in [6.45, 7) is 0. The standard InChI is InChI=1S/C25H34N6O/c26-29-21-20(19-11-7-4-8-12-19)25(23(32)22(21)30-27)15-13-24(31-28,14-16-25)17-18-9-5-2-1-3-6-10-18/h4,7-8,11-12,18,26,28H,1-3,5-6,9-10,13-17,27H2. The summed E-state index contributed by atoms with van der Waals surface area (Å²) >= 11 is 0. The van der Waals surface area contributed by atoms with Gasteiger partial charge in [-0.2, -0.15) is 15.3 Å². The van der Waals surface area contributed by atoms with Crippen molar-refractivity contribution in [2.75, 3.05) is 0 Å². The van der Waals surface area contributed by atoms with Crippen LogP contribution < -0.4 is 5.84 Å². The number of Topliss-reactive ketones (excluding diaryl/α,β-unsaturated/α-hetero) is 1. The van der Waals surface area contributed by atoms with E-state index in [1.807, 2.05) is 30.3 Å². The first kappa shape index (κ1) is 22.5. The zero-order valence-corrected chi connectivity index (χ0v) is 18.8. The van der Waals surface area contributed by atoms with Crippen molar-refractivity contribution in [3.05, 3.63) is 41.6 Å². The summed E-state index contributed by atoms with van der Waals surface area (Å²) in [6, 6.07) is 9.71. The molecule has 0 radical (unpaired) electrons. The van der Waals surface area contributed by atoms with E-state index < -0.39 is 11.0 Å². The van der Waals surface area contributed by atoms with Crippen molar-refractivity contribution in [3.8, 4) is 0 Å². The highest BCUT2D eigenvalue weighted by molar-refractivity contribution is 6.54. The minimum Gasteiger partial charge on any atom is -0.323 e. The van der Waals surface area contributed by atoms with Crippen LogP contribution in [0.3, 0.4) is 0 Å². The molecule has 4 N–H and O–H groups in total. The summed E-state index contributed by atoms with van der Waals surface area (Å²) in [5.74, 6) is 6.07. The number of nitrogens with two attached hydrogens (primary N) is 1. The first-order chi connectivity index (χ1) is 15.6. The van der Waals surface area contributed by atoms with E-state index in [4.69, 9.17) is 16.9 Å². The molecule has 0 heterocycles. The summed E-state index contributed by atoms with van der Waals surface area (Å²) in [5.41, 5.74) is 16.7. The number of nitrogens with zero attached hydrogens (tertiary/aromatic N) is 3. The molecule has 7 nitrogen and oxygen atoms in total. The van der Waals surface area contributed by atoms with Gasteiger partial charge in [0.05, 0.1) is 11.0 Å². The lowest BCUT2D eigenvalue weighted by molar-refractivity contribution is -0.120. The molecule has 1 aromatic rings. The molecule has 2 fully saturated rings. The van der Waals surface area contributed by atoms with Gasteiger partial charge in [-0.25, -0.2) is 11.1 Å². The van der Waals surface area contributed by atoms with Gasteiger partial charge >= 0.3 is 0 Å². The van der Waals surface area contributed by atoms with E-state index in [0.29, 0.717) is 37.3 Å². The quantitative estimate of drug-likeness (QED) is 0.281. The number of hydrogen-bond donors (Lipinski definition) is 3. The average Bonchev–Trinajstić information content (AvgIpc) is 3.05. The van der Waals surface area contributed by atoms with Crippen LogP contribution in [0.15, 0.2) is 51.4 Å². The second kappa shape index (κ2) is 9.43. The van der Waals surface area contributed by atoms with E-state index >= 15 is 0 Å². The smallest absolute Gasteiger partial charge is 0.195 e. The summed E-state index contributed by atoms with van der Waals surface area (Å²) in [6.07, 6.45) is 12.5. The summed E-state index contributed by atoms with van der Waals surface area (Å²) < 4.78 is 0. The van der Waals surface area contributed by atoms with Crippen molar-refractivity contribution in [1.29, 1.82) is 11.1 Å². The number of nitrogens with one attached hydrogen (secondary N) is 2. The Morgan fingerprint density at radius 3 is 2.12 bits per heavy atom. The Hall–Kier alpha value is -2.70. The fourth-order valence-corrected chi connectivity index (χ4v) is 6.30. The number of carbonyl (C=O) groups is 1. The number of rotatable bonds is 5. The topological polar surface area (TPSA) is 128 Å². The van der Waals surface area contributed by atoms with Crippen LogP contribution in [0.25, 0.3) is 5.57 Å². The highest BCUT2D eigenvalue weighted by atomic mass is 16.1. The van der Waals surface area contributed by atoms with Crippen LogP contribution in [-0.4, -0.2) is 17.0 Å². The van der Waals surface area contributed by atoms with E-state index in [1.165, 1.54) is 44.9 Å². The molecule has 4 rings (SSSR count). The van der Waals surface area contributed by atoms with Crippen molar-refractivity contribution in [3.63, 3.8) is 0 Å². The van der Waals surface area contributed by atoms with Crippen LogP contribution in [0.1, 0.15) is 82.6 Å². The van der Waals surface area contributed by atoms with Crippen LogP contribution in [0.5, 0.6) is 0 Å². The molecule has 1 spiro atoms. The van der Waals surface area contributed by atoms with Gasteiger partial charge in [-0.05, 0) is 43.6 Å². The van der Waals surface area contributed by atoms with Gasteiger partial charge in [-0.3, -0.25) is 4.79 Å². The molecule has 0 aromatic heterocycles. The zero-order valence-electron chi connectivity index (χ0n) is 18.8. The van der Waals surface area contributed by atoms with Crippen molar-refractivity contribution in [1.82, 2.24) is 0 Å². The number of allylic oxidation sites excluding steroid dienone is 2. The molecule has 0 saturated heterocycles. The SMILES string of the molecule is N=NC1=C(c2ccccc2)C2(CCC(CC3CCCCCCC3)(N=N)CC2)C(=O)C1=NN. The van der Waals surface area contributed by atoms with Gasteiger partial charge in [0.25, 0.3) is 0 Å². The Labute approximate surface area is 189 Å². The Balaban J connectivity index is 1.63. The van der Waals surface area contributed by atoms with Gasteiger partial charge in [0, 0.05) is 5.57 Å². The van der Waals surface area contributed by atoms with E-state index in [-0.39, 0.29) is 11.5 Å². The largest absolute Gasteiger partial charge is 0.323 e. The number of benzene rings is 1. The first-order valence-electron chi connectivity index (χ1n) is 12.0. The third-order valence-corrected chi connectivity index (χ3v) is 8.06. The lowest BCUT2D eigenvalue weighted by Crippen LogP contribution is -2.43. The van der Waals surface area contributed by atoms with Gasteiger partial charge in [0.1, 0.15) is 5.70 Å². The molecule has 1 aromatic carbocycles. The van der Waals surface area contributed by atoms with Crippen LogP contribution in [0.2, 0.25) is 0 Å². The third-order valence-electron chi connectivity index (χ3n) is 8.06. The maximum atomic E-state index is 13.6. The summed E-state index contributed by atoms with van der Waals surface area (Å²) in [7, 11) is 0. The van der Waals surface area contributed by atoms with Crippen LogP contribution in [-0.2, 0) is 4.79 Å². The highest BCUT2D eigenvalue weighted by Gasteiger charge is 2.56. The first-order valence-corrected chi connectivity index (χ1v) is 12.0. The van der Waals surface area contributed by atoms with Crippen LogP contribution in [0, 0.1) is 22.4 Å². The molecule has 0 atom stereocenters. The number of ketones is 1. The van der Waals surface area contributed by atoms with Crippen molar-refractivity contribution < 1.29 is 4.79 Å². The fourth-order valence-electron chi connectivity index (χ4n) is 6.30. The van der Waals surface area contributed by atoms with E-state index in [1.54, 1.807) is 0 Å². The molecule has 0 bridgehead atoms. The summed E-state index contributed by atoms with van der Waals surface area (Å²) in [5, 5.41) is 11.6. The second-order valence-electron chi connectivity index (χ2n) is 9.84. The van der Waals surface area contributed by atoms with Gasteiger partial charge in [0.15, 0.2) is 11.5 Å². The molecule has 0 amide bonds. The lowest BCUT2D eigenvalue weighted by Gasteiger charge is -2.43. The molecule has 170 valence electrons. The summed E-state index contributed by atoms with van der Waals surface area (Å²) in [4.78, 5) is 13.6. The maximum Gasteiger partial charge on any atom is 0.195 e. The molecule has 0 aliphatic heterocycles. The molecule has 3 aliphatic carbocycles. The van der Waals surface area contributed by atoms with Crippen molar-refractivity contribution in [2.24, 2.45) is 32.5 Å². The Morgan fingerprint density at radius 1 is 0.938 bits per heavy atom. The second-order valence-corrected chi connectivity index (χ2v) is 9.84. The molecule has 2 saturated carbocycles. The highest BCUT2D eigenvalue weighted by Crippen LogP contribution is 2.57. The Morgan fingerprint density at radius 2 is 1.56 bits per heavy atom. The van der Waals surface area contributed by atoms with Crippen LogP contribution >= 0.6 is 0 Å². The van der Waals surface area contributed by atoms with Crippen molar-refractivity contribution in [2.45, 2.75) is 82.6 Å². The number of hydrazone groups is 1. The minimum absolute atomic E-state index is 0.106. The number of hydrogen-bond acceptors (Lipinski definition) is 7. The van der Waals surface area contributed by atoms with E-state index in [2.05, 4.69) is 15.3 Å². The minimum atomic E-state index is -0.783. The van der Waals surface area contributed by atoms with E-state index in [9.17, 15) is 4.79 Å². The van der Waals surface area contributed by atoms with Gasteiger partial charge in [-0.1, -0.05) is 75.3 Å². The zero-order chi connectivity index (χ0) is 22.6. The van der Waals surface area contributed by atoms with Gasteiger partial charge in [0.2, 0.25) is 0 Å². The normalized spacial score (nSPS) is 31.0. The number of carbonyl (C=O) groups excluding carboxylic acids is 1. The van der Waals surface area contributed by atoms with Gasteiger partial charge < -0.3 is 5.84 Å². The Bertz CT molecular complexity index is 919. The molecule has 32 heavy (non-hydrogen) atoms.